The molecule has 0 fully saturated rings. The van der Waals surface area contributed by atoms with Crippen LogP contribution in [0.15, 0.2) is 35.7 Å². The fraction of sp³-hybridized carbons (Fsp3) is 0.417. The van der Waals surface area contributed by atoms with E-state index in [0.717, 1.165) is 45.2 Å². The summed E-state index contributed by atoms with van der Waals surface area (Å²) in [5, 5.41) is 20.9. The summed E-state index contributed by atoms with van der Waals surface area (Å²) in [4.78, 5) is 16.4. The largest absolute Gasteiger partial charge is 0.465 e. The second kappa shape index (κ2) is 9.73. The maximum Gasteiger partial charge on any atom is 0.404 e. The molecule has 170 valence electrons. The van der Waals surface area contributed by atoms with Crippen molar-refractivity contribution in [3.8, 4) is 11.1 Å². The molecular weight excluding hydrogens is 422 g/mol. The molecule has 0 spiro atoms. The van der Waals surface area contributed by atoms with Crippen LogP contribution in [0.25, 0.3) is 11.1 Å². The Hall–Kier alpha value is -2.87. The zero-order valence-corrected chi connectivity index (χ0v) is 20.4. The van der Waals surface area contributed by atoms with Crippen molar-refractivity contribution < 1.29 is 9.90 Å². The Balaban J connectivity index is 2.19. The van der Waals surface area contributed by atoms with E-state index in [1.807, 2.05) is 18.5 Å². The fourth-order valence-corrected chi connectivity index (χ4v) is 4.62. The number of aryl methyl sites for hydroxylation is 3. The number of carboxylic acid groups (broad SMARTS) is 1. The van der Waals surface area contributed by atoms with Crippen LogP contribution in [-0.2, 0) is 25.8 Å². The van der Waals surface area contributed by atoms with E-state index >= 15 is 0 Å². The van der Waals surface area contributed by atoms with Crippen molar-refractivity contribution in [3.05, 3.63) is 58.7 Å². The van der Waals surface area contributed by atoms with Gasteiger partial charge < -0.3 is 15.0 Å². The lowest BCUT2D eigenvalue weighted by molar-refractivity contribution is 0.194. The van der Waals surface area contributed by atoms with Gasteiger partial charge in [0.05, 0.1) is 0 Å². The highest BCUT2D eigenvalue weighted by atomic mass is 32.2. The number of benzene rings is 1. The van der Waals surface area contributed by atoms with E-state index < -0.39 is 6.09 Å². The molecule has 2 aromatic heterocycles. The average Bonchev–Trinajstić information content (AvgIpc) is 3.10. The van der Waals surface area contributed by atoms with E-state index in [1.54, 1.807) is 18.1 Å². The predicted molar refractivity (Wildman–Crippen MR) is 128 cm³/mol. The minimum atomic E-state index is -1.04. The van der Waals surface area contributed by atoms with E-state index in [0.29, 0.717) is 5.75 Å². The molecule has 0 atom stereocenters. The molecule has 0 saturated carbocycles. The van der Waals surface area contributed by atoms with Crippen LogP contribution < -0.4 is 5.32 Å². The van der Waals surface area contributed by atoms with Gasteiger partial charge in [-0.3, -0.25) is 4.98 Å². The molecule has 3 aromatic rings. The zero-order chi connectivity index (χ0) is 23.5. The Bertz CT molecular complexity index is 1100. The Kier molecular flexibility index (Phi) is 7.23. The van der Waals surface area contributed by atoms with Crippen molar-refractivity contribution in [1.29, 1.82) is 0 Å². The molecule has 0 unspecified atom stereocenters. The van der Waals surface area contributed by atoms with Gasteiger partial charge in [-0.15, -0.1) is 10.2 Å². The number of amides is 1. The normalized spacial score (nSPS) is 11.6. The lowest BCUT2D eigenvalue weighted by atomic mass is 9.85. The van der Waals surface area contributed by atoms with E-state index in [1.165, 1.54) is 5.56 Å². The number of thioether (sulfide) groups is 1. The fourth-order valence-electron chi connectivity index (χ4n) is 3.63. The summed E-state index contributed by atoms with van der Waals surface area (Å²) in [5.41, 5.74) is 7.21. The molecule has 0 aliphatic carbocycles. The maximum atomic E-state index is 11.4. The average molecular weight is 454 g/mol. The lowest BCUT2D eigenvalue weighted by Crippen LogP contribution is -2.24. The number of pyridine rings is 1. The minimum absolute atomic E-state index is 0.0108. The van der Waals surface area contributed by atoms with Gasteiger partial charge >= 0.3 is 6.09 Å². The number of rotatable bonds is 7. The van der Waals surface area contributed by atoms with Crippen molar-refractivity contribution in [2.24, 2.45) is 12.5 Å². The predicted octanol–water partition coefficient (Wildman–Crippen LogP) is 5.14. The van der Waals surface area contributed by atoms with Crippen LogP contribution in [0.4, 0.5) is 4.79 Å². The minimum Gasteiger partial charge on any atom is -0.465 e. The molecule has 32 heavy (non-hydrogen) atoms. The molecule has 8 heteroatoms. The van der Waals surface area contributed by atoms with E-state index in [2.05, 4.69) is 67.5 Å². The van der Waals surface area contributed by atoms with Crippen molar-refractivity contribution in [1.82, 2.24) is 25.1 Å². The molecule has 1 aromatic carbocycles. The van der Waals surface area contributed by atoms with Crippen LogP contribution in [0, 0.1) is 19.3 Å². The summed E-state index contributed by atoms with van der Waals surface area (Å²) in [6.45, 7) is 10.8. The van der Waals surface area contributed by atoms with Crippen LogP contribution in [0.5, 0.6) is 0 Å². The highest BCUT2D eigenvalue weighted by Crippen LogP contribution is 2.37. The molecule has 2 N–H and O–H groups in total. The number of nitrogens with zero attached hydrogens (tertiary/aromatic N) is 4. The molecule has 0 bridgehead atoms. The van der Waals surface area contributed by atoms with Crippen molar-refractivity contribution in [3.63, 3.8) is 0 Å². The van der Waals surface area contributed by atoms with Crippen LogP contribution in [0.1, 0.15) is 48.8 Å². The third-order valence-electron chi connectivity index (χ3n) is 5.16. The van der Waals surface area contributed by atoms with Crippen molar-refractivity contribution >= 4 is 17.9 Å². The second-order valence-corrected chi connectivity index (χ2v) is 10.2. The van der Waals surface area contributed by atoms with Crippen molar-refractivity contribution in [2.75, 3.05) is 0 Å². The molecular formula is C24H31N5O2S. The highest BCUT2D eigenvalue weighted by Gasteiger charge is 2.23. The Morgan fingerprint density at radius 2 is 1.84 bits per heavy atom. The van der Waals surface area contributed by atoms with E-state index in [-0.39, 0.29) is 12.0 Å². The lowest BCUT2D eigenvalue weighted by Gasteiger charge is -2.25. The van der Waals surface area contributed by atoms with E-state index in [4.69, 9.17) is 4.98 Å². The van der Waals surface area contributed by atoms with Gasteiger partial charge in [0.15, 0.2) is 5.16 Å². The standard InChI is InChI=1S/C24H31N5O2S/c1-15-7-9-17(10-8-15)21-18(12-25-23(30)31)20(11-24(3,4)5)27-16(2)19(21)13-32-22-28-26-14-29(22)6/h7-10,14,25H,11-13H2,1-6H3,(H,30,31). The molecule has 3 rings (SSSR count). The molecule has 1 amide bonds. The van der Waals surface area contributed by atoms with Gasteiger partial charge in [-0.2, -0.15) is 0 Å². The summed E-state index contributed by atoms with van der Waals surface area (Å²) in [6, 6.07) is 8.38. The van der Waals surface area contributed by atoms with Crippen LogP contribution in [0.2, 0.25) is 0 Å². The Morgan fingerprint density at radius 3 is 2.41 bits per heavy atom. The molecule has 0 aliphatic rings. The smallest absolute Gasteiger partial charge is 0.404 e. The number of hydrogen-bond donors (Lipinski definition) is 2. The third-order valence-corrected chi connectivity index (χ3v) is 6.22. The number of carbonyl (C=O) groups is 1. The second-order valence-electron chi connectivity index (χ2n) is 9.25. The van der Waals surface area contributed by atoms with Gasteiger partial charge in [-0.05, 0) is 42.4 Å². The molecule has 0 saturated heterocycles. The molecule has 2 heterocycles. The first kappa shape index (κ1) is 23.8. The summed E-state index contributed by atoms with van der Waals surface area (Å²) in [7, 11) is 1.92. The highest BCUT2D eigenvalue weighted by molar-refractivity contribution is 7.98. The first-order valence-corrected chi connectivity index (χ1v) is 11.6. The number of nitrogens with one attached hydrogen (secondary N) is 1. The Morgan fingerprint density at radius 1 is 1.16 bits per heavy atom. The van der Waals surface area contributed by atoms with Gasteiger partial charge in [0.1, 0.15) is 6.33 Å². The van der Waals surface area contributed by atoms with Gasteiger partial charge in [0.2, 0.25) is 0 Å². The zero-order valence-electron chi connectivity index (χ0n) is 19.6. The summed E-state index contributed by atoms with van der Waals surface area (Å²) in [6.07, 6.45) is 1.39. The van der Waals surface area contributed by atoms with Crippen LogP contribution in [0.3, 0.4) is 0 Å². The quantitative estimate of drug-likeness (QED) is 0.481. The Labute approximate surface area is 193 Å². The van der Waals surface area contributed by atoms with E-state index in [9.17, 15) is 9.90 Å². The number of aromatic nitrogens is 4. The molecule has 7 nitrogen and oxygen atoms in total. The number of hydrogen-bond acceptors (Lipinski definition) is 5. The first-order chi connectivity index (χ1) is 15.0. The topological polar surface area (TPSA) is 92.9 Å². The van der Waals surface area contributed by atoms with Gasteiger partial charge in [0, 0.05) is 36.3 Å². The summed E-state index contributed by atoms with van der Waals surface area (Å²) >= 11 is 1.60. The van der Waals surface area contributed by atoms with Gasteiger partial charge in [0.25, 0.3) is 0 Å². The summed E-state index contributed by atoms with van der Waals surface area (Å²) in [5.74, 6) is 0.657. The van der Waals surface area contributed by atoms with Crippen LogP contribution in [-0.4, -0.2) is 30.9 Å². The molecule has 0 radical (unpaired) electrons. The summed E-state index contributed by atoms with van der Waals surface area (Å²) < 4.78 is 1.89. The van der Waals surface area contributed by atoms with Crippen molar-refractivity contribution in [2.45, 2.75) is 58.5 Å². The monoisotopic (exact) mass is 453 g/mol. The SMILES string of the molecule is Cc1ccc(-c2c(CSc3nncn3C)c(C)nc(CC(C)(C)C)c2CNC(=O)O)cc1. The van der Waals surface area contributed by atoms with Crippen LogP contribution >= 0.6 is 11.8 Å². The van der Waals surface area contributed by atoms with Gasteiger partial charge in [-0.25, -0.2) is 4.79 Å². The maximum absolute atomic E-state index is 11.4. The third kappa shape index (κ3) is 5.88. The molecule has 0 aliphatic heterocycles. The first-order valence-electron chi connectivity index (χ1n) is 10.6. The van der Waals surface area contributed by atoms with Gasteiger partial charge in [-0.1, -0.05) is 62.4 Å².